The van der Waals surface area contributed by atoms with Crippen molar-refractivity contribution < 1.29 is 4.74 Å². The zero-order valence-corrected chi connectivity index (χ0v) is 16.1. The lowest BCUT2D eigenvalue weighted by Crippen LogP contribution is -2.18. The molecule has 1 aliphatic rings. The van der Waals surface area contributed by atoms with Crippen LogP contribution in [-0.2, 0) is 0 Å². The van der Waals surface area contributed by atoms with Gasteiger partial charge in [0.15, 0.2) is 0 Å². The van der Waals surface area contributed by atoms with E-state index >= 15 is 0 Å². The van der Waals surface area contributed by atoms with Crippen LogP contribution >= 0.6 is 15.9 Å². The van der Waals surface area contributed by atoms with Gasteiger partial charge >= 0.3 is 0 Å². The van der Waals surface area contributed by atoms with E-state index in [1.807, 2.05) is 30.3 Å². The molecular weight excluding hydrogens is 388 g/mol. The fourth-order valence-corrected chi connectivity index (χ4v) is 3.52. The van der Waals surface area contributed by atoms with Gasteiger partial charge in [0.25, 0.3) is 0 Å². The second-order valence-corrected chi connectivity index (χ2v) is 7.15. The van der Waals surface area contributed by atoms with E-state index in [4.69, 9.17) is 9.84 Å². The zero-order chi connectivity index (χ0) is 17.9. The van der Waals surface area contributed by atoms with Gasteiger partial charge in [-0.25, -0.2) is 0 Å². The third kappa shape index (κ3) is 3.37. The molecular formula is C22H19BrN2O. The van der Waals surface area contributed by atoms with Crippen molar-refractivity contribution in [3.63, 3.8) is 0 Å². The molecule has 1 heterocycles. The molecule has 1 aliphatic heterocycles. The van der Waals surface area contributed by atoms with E-state index in [9.17, 15) is 0 Å². The quantitative estimate of drug-likeness (QED) is 0.545. The number of nitrogens with zero attached hydrogens (tertiary/aromatic N) is 2. The molecule has 1 atom stereocenters. The number of hydrazone groups is 1. The molecule has 0 fully saturated rings. The molecule has 4 heteroatoms. The van der Waals surface area contributed by atoms with Crippen LogP contribution in [0.5, 0.6) is 5.75 Å². The fourth-order valence-electron chi connectivity index (χ4n) is 3.25. The molecule has 0 N–H and O–H groups in total. The van der Waals surface area contributed by atoms with Crippen LogP contribution in [0.4, 0.5) is 5.69 Å². The summed E-state index contributed by atoms with van der Waals surface area (Å²) in [7, 11) is 1.70. The molecule has 3 aromatic rings. The highest BCUT2D eigenvalue weighted by atomic mass is 79.9. The second-order valence-electron chi connectivity index (χ2n) is 6.23. The minimum atomic E-state index is 0.145. The molecule has 0 spiro atoms. The third-order valence-corrected chi connectivity index (χ3v) is 5.12. The highest BCUT2D eigenvalue weighted by Gasteiger charge is 2.30. The average molecular weight is 407 g/mol. The number of hydrogen-bond acceptors (Lipinski definition) is 3. The van der Waals surface area contributed by atoms with Crippen molar-refractivity contribution in [1.82, 2.24) is 0 Å². The first-order valence-corrected chi connectivity index (χ1v) is 9.35. The predicted octanol–water partition coefficient (Wildman–Crippen LogP) is 5.81. The van der Waals surface area contributed by atoms with Crippen LogP contribution in [-0.4, -0.2) is 12.8 Å². The summed E-state index contributed by atoms with van der Waals surface area (Å²) in [6.45, 7) is 0. The summed E-state index contributed by atoms with van der Waals surface area (Å²) in [6.07, 6.45) is 0.851. The van der Waals surface area contributed by atoms with Crippen LogP contribution in [0, 0.1) is 0 Å². The minimum absolute atomic E-state index is 0.145. The third-order valence-electron chi connectivity index (χ3n) is 4.59. The molecule has 0 aliphatic carbocycles. The molecule has 0 aromatic heterocycles. The van der Waals surface area contributed by atoms with Gasteiger partial charge in [-0.05, 0) is 47.5 Å². The molecule has 0 saturated heterocycles. The Morgan fingerprint density at radius 3 is 2.46 bits per heavy atom. The lowest BCUT2D eigenvalue weighted by atomic mass is 9.98. The maximum Gasteiger partial charge on any atom is 0.119 e. The van der Waals surface area contributed by atoms with Gasteiger partial charge in [-0.1, -0.05) is 58.4 Å². The van der Waals surface area contributed by atoms with E-state index in [0.29, 0.717) is 0 Å². The Morgan fingerprint density at radius 2 is 1.73 bits per heavy atom. The van der Waals surface area contributed by atoms with Gasteiger partial charge in [0.05, 0.1) is 24.6 Å². The lowest BCUT2D eigenvalue weighted by molar-refractivity contribution is 0.414. The smallest absolute Gasteiger partial charge is 0.119 e. The predicted molar refractivity (Wildman–Crippen MR) is 110 cm³/mol. The number of methoxy groups -OCH3 is 1. The Bertz CT molecular complexity index is 922. The summed E-state index contributed by atoms with van der Waals surface area (Å²) in [5.41, 5.74) is 4.53. The van der Waals surface area contributed by atoms with E-state index < -0.39 is 0 Å². The monoisotopic (exact) mass is 406 g/mol. The number of para-hydroxylation sites is 1. The number of benzene rings is 3. The number of ether oxygens (including phenoxy) is 1. The molecule has 3 nitrogen and oxygen atoms in total. The van der Waals surface area contributed by atoms with E-state index in [1.54, 1.807) is 7.11 Å². The highest BCUT2D eigenvalue weighted by Crippen LogP contribution is 2.37. The standard InChI is InChI=1S/C22H19BrN2O/c1-26-20-9-5-6-17(14-20)22-15-21(16-10-12-18(23)13-11-16)24-25(22)19-7-3-2-4-8-19/h2-14,22H,15H2,1H3/t22-/m0/s1. The topological polar surface area (TPSA) is 24.8 Å². The molecule has 0 amide bonds. The van der Waals surface area contributed by atoms with Gasteiger partial charge in [-0.15, -0.1) is 0 Å². The molecule has 4 rings (SSSR count). The van der Waals surface area contributed by atoms with Gasteiger partial charge in [-0.2, -0.15) is 5.10 Å². The molecule has 0 unspecified atom stereocenters. The molecule has 3 aromatic carbocycles. The van der Waals surface area contributed by atoms with E-state index in [2.05, 4.69) is 69.5 Å². The summed E-state index contributed by atoms with van der Waals surface area (Å²) >= 11 is 3.50. The zero-order valence-electron chi connectivity index (χ0n) is 14.5. The Balaban J connectivity index is 1.74. The first-order valence-electron chi connectivity index (χ1n) is 8.56. The summed E-state index contributed by atoms with van der Waals surface area (Å²) in [5.74, 6) is 0.868. The molecule has 0 radical (unpaired) electrons. The van der Waals surface area contributed by atoms with Gasteiger partial charge in [-0.3, -0.25) is 5.01 Å². The van der Waals surface area contributed by atoms with Gasteiger partial charge < -0.3 is 4.74 Å². The van der Waals surface area contributed by atoms with Crippen molar-refractivity contribution in [2.24, 2.45) is 5.10 Å². The Labute approximate surface area is 162 Å². The molecule has 0 bridgehead atoms. The first-order chi connectivity index (χ1) is 12.7. The van der Waals surface area contributed by atoms with Crippen LogP contribution in [0.2, 0.25) is 0 Å². The normalized spacial score (nSPS) is 16.5. The average Bonchev–Trinajstić information content (AvgIpc) is 3.15. The second kappa shape index (κ2) is 7.34. The molecule has 0 saturated carbocycles. The number of halogens is 1. The Kier molecular flexibility index (Phi) is 4.76. The molecule has 26 heavy (non-hydrogen) atoms. The van der Waals surface area contributed by atoms with Crippen LogP contribution in [0.1, 0.15) is 23.6 Å². The van der Waals surface area contributed by atoms with Gasteiger partial charge in [0, 0.05) is 10.9 Å². The van der Waals surface area contributed by atoms with Crippen LogP contribution in [0.3, 0.4) is 0 Å². The summed E-state index contributed by atoms with van der Waals surface area (Å²) in [5, 5.41) is 7.08. The van der Waals surface area contributed by atoms with Gasteiger partial charge in [0.2, 0.25) is 0 Å². The summed E-state index contributed by atoms with van der Waals surface area (Å²) in [4.78, 5) is 0. The Hall–Kier alpha value is -2.59. The lowest BCUT2D eigenvalue weighted by Gasteiger charge is -2.24. The summed E-state index contributed by atoms with van der Waals surface area (Å²) < 4.78 is 6.49. The van der Waals surface area contributed by atoms with E-state index in [-0.39, 0.29) is 6.04 Å². The largest absolute Gasteiger partial charge is 0.497 e. The highest BCUT2D eigenvalue weighted by molar-refractivity contribution is 9.10. The van der Waals surface area contributed by atoms with E-state index in [0.717, 1.165) is 33.6 Å². The van der Waals surface area contributed by atoms with Crippen LogP contribution in [0.25, 0.3) is 0 Å². The maximum atomic E-state index is 5.42. The SMILES string of the molecule is COc1cccc([C@@H]2CC(c3ccc(Br)cc3)=NN2c2ccccc2)c1. The van der Waals surface area contributed by atoms with Gasteiger partial charge in [0.1, 0.15) is 5.75 Å². The number of rotatable bonds is 4. The van der Waals surface area contributed by atoms with Crippen molar-refractivity contribution >= 4 is 27.3 Å². The molecule has 130 valence electrons. The van der Waals surface area contributed by atoms with Crippen molar-refractivity contribution in [2.45, 2.75) is 12.5 Å². The first kappa shape index (κ1) is 16.9. The maximum absolute atomic E-state index is 5.42. The fraction of sp³-hybridized carbons (Fsp3) is 0.136. The van der Waals surface area contributed by atoms with Crippen LogP contribution in [0.15, 0.2) is 88.4 Å². The minimum Gasteiger partial charge on any atom is -0.497 e. The van der Waals surface area contributed by atoms with Crippen molar-refractivity contribution in [2.75, 3.05) is 12.1 Å². The van der Waals surface area contributed by atoms with Crippen molar-refractivity contribution in [3.05, 3.63) is 94.5 Å². The van der Waals surface area contributed by atoms with E-state index in [1.165, 1.54) is 5.56 Å². The van der Waals surface area contributed by atoms with Crippen molar-refractivity contribution in [3.8, 4) is 5.75 Å². The number of hydrogen-bond donors (Lipinski definition) is 0. The van der Waals surface area contributed by atoms with Crippen molar-refractivity contribution in [1.29, 1.82) is 0 Å². The van der Waals surface area contributed by atoms with Crippen LogP contribution < -0.4 is 9.75 Å². The number of anilines is 1. The summed E-state index contributed by atoms with van der Waals surface area (Å²) in [6, 6.07) is 27.1. The Morgan fingerprint density at radius 1 is 0.962 bits per heavy atom.